The standard InChI is InChI=1S/C26H51N5O4/c1-20(18-21(2)27-5)19-22(3)31-26(35)13-9-8-12-25(34)30-17-15-28-14-16-29-24(33)11-7-6-10-23(4)32/h20-22,27-28H,6-19H2,1-5H3,(H,29,33)(H,30,34)(H,31,35). The van der Waals surface area contributed by atoms with E-state index in [9.17, 15) is 19.2 Å². The summed E-state index contributed by atoms with van der Waals surface area (Å²) in [6, 6.07) is 0.631. The van der Waals surface area contributed by atoms with Crippen molar-refractivity contribution in [3.8, 4) is 0 Å². The number of hydrogen-bond donors (Lipinski definition) is 5. The fraction of sp³-hybridized carbons (Fsp3) is 0.846. The molecule has 5 N–H and O–H groups in total. The van der Waals surface area contributed by atoms with E-state index < -0.39 is 0 Å². The van der Waals surface area contributed by atoms with Gasteiger partial charge in [0.2, 0.25) is 17.7 Å². The normalized spacial score (nSPS) is 13.5. The van der Waals surface area contributed by atoms with Gasteiger partial charge in [-0.2, -0.15) is 0 Å². The number of ketones is 1. The molecule has 35 heavy (non-hydrogen) atoms. The summed E-state index contributed by atoms with van der Waals surface area (Å²) in [7, 11) is 1.97. The fourth-order valence-corrected chi connectivity index (χ4v) is 3.94. The maximum absolute atomic E-state index is 12.1. The van der Waals surface area contributed by atoms with Crippen LogP contribution in [0.15, 0.2) is 0 Å². The Bertz CT molecular complexity index is 615. The Morgan fingerprint density at radius 1 is 0.629 bits per heavy atom. The van der Waals surface area contributed by atoms with Gasteiger partial charge >= 0.3 is 0 Å². The van der Waals surface area contributed by atoms with Crippen LogP contribution >= 0.6 is 0 Å². The third-order valence-corrected chi connectivity index (χ3v) is 5.90. The van der Waals surface area contributed by atoms with Gasteiger partial charge in [0.1, 0.15) is 5.78 Å². The van der Waals surface area contributed by atoms with Crippen LogP contribution in [0.4, 0.5) is 0 Å². The largest absolute Gasteiger partial charge is 0.355 e. The Labute approximate surface area is 212 Å². The van der Waals surface area contributed by atoms with Gasteiger partial charge in [-0.15, -0.1) is 0 Å². The molecule has 0 bridgehead atoms. The number of hydrogen-bond acceptors (Lipinski definition) is 6. The molecule has 0 radical (unpaired) electrons. The first kappa shape index (κ1) is 33.0. The van der Waals surface area contributed by atoms with E-state index in [0.29, 0.717) is 76.7 Å². The number of unbranched alkanes of at least 4 members (excludes halogenated alkanes) is 2. The molecule has 3 amide bonds. The summed E-state index contributed by atoms with van der Waals surface area (Å²) < 4.78 is 0. The molecule has 9 heteroatoms. The summed E-state index contributed by atoms with van der Waals surface area (Å²) in [4.78, 5) is 46.6. The average molecular weight is 498 g/mol. The SMILES string of the molecule is CNC(C)CC(C)CC(C)NC(=O)CCCCC(=O)NCCNCCNC(=O)CCCCC(C)=O. The summed E-state index contributed by atoms with van der Waals surface area (Å²) in [5.74, 6) is 0.746. The Morgan fingerprint density at radius 3 is 1.57 bits per heavy atom. The number of Topliss-reactive ketones (excluding diaryl/α,β-unsaturated/α-hetero) is 1. The Balaban J connectivity index is 3.61. The van der Waals surface area contributed by atoms with Crippen LogP contribution in [0.2, 0.25) is 0 Å². The maximum atomic E-state index is 12.1. The van der Waals surface area contributed by atoms with Crippen LogP contribution < -0.4 is 26.6 Å². The average Bonchev–Trinajstić information content (AvgIpc) is 2.78. The molecule has 0 saturated heterocycles. The van der Waals surface area contributed by atoms with E-state index in [0.717, 1.165) is 25.7 Å². The first-order valence-corrected chi connectivity index (χ1v) is 13.3. The summed E-state index contributed by atoms with van der Waals surface area (Å²) in [5, 5.41) is 15.2. The van der Waals surface area contributed by atoms with Crippen molar-refractivity contribution in [2.45, 2.75) is 104 Å². The molecule has 9 nitrogen and oxygen atoms in total. The van der Waals surface area contributed by atoms with Crippen LogP contribution in [0, 0.1) is 5.92 Å². The molecule has 3 atom stereocenters. The van der Waals surface area contributed by atoms with E-state index in [4.69, 9.17) is 0 Å². The highest BCUT2D eigenvalue weighted by molar-refractivity contribution is 5.77. The van der Waals surface area contributed by atoms with E-state index >= 15 is 0 Å². The van der Waals surface area contributed by atoms with Crippen molar-refractivity contribution in [1.29, 1.82) is 0 Å². The van der Waals surface area contributed by atoms with Crippen molar-refractivity contribution in [2.24, 2.45) is 5.92 Å². The van der Waals surface area contributed by atoms with Crippen molar-refractivity contribution in [1.82, 2.24) is 26.6 Å². The zero-order chi connectivity index (χ0) is 26.5. The monoisotopic (exact) mass is 497 g/mol. The molecule has 204 valence electrons. The van der Waals surface area contributed by atoms with Crippen molar-refractivity contribution >= 4 is 23.5 Å². The Morgan fingerprint density at radius 2 is 1.09 bits per heavy atom. The second kappa shape index (κ2) is 21.3. The predicted molar refractivity (Wildman–Crippen MR) is 141 cm³/mol. The molecule has 0 aliphatic carbocycles. The molecule has 0 aliphatic heterocycles. The third kappa shape index (κ3) is 22.2. The van der Waals surface area contributed by atoms with Gasteiger partial charge < -0.3 is 31.4 Å². The zero-order valence-electron chi connectivity index (χ0n) is 22.8. The van der Waals surface area contributed by atoms with Crippen molar-refractivity contribution in [3.63, 3.8) is 0 Å². The number of nitrogens with one attached hydrogen (secondary N) is 5. The number of amides is 3. The van der Waals surface area contributed by atoms with Gasteiger partial charge in [0.05, 0.1) is 0 Å². The van der Waals surface area contributed by atoms with E-state index in [2.05, 4.69) is 40.4 Å². The van der Waals surface area contributed by atoms with E-state index in [1.54, 1.807) is 6.92 Å². The fourth-order valence-electron chi connectivity index (χ4n) is 3.94. The van der Waals surface area contributed by atoms with Gasteiger partial charge in [0, 0.05) is 63.9 Å². The number of carbonyl (C=O) groups excluding carboxylic acids is 4. The first-order chi connectivity index (χ1) is 16.6. The molecule has 0 heterocycles. The highest BCUT2D eigenvalue weighted by Gasteiger charge is 2.13. The highest BCUT2D eigenvalue weighted by Crippen LogP contribution is 2.13. The summed E-state index contributed by atoms with van der Waals surface area (Å²) in [6.45, 7) is 10.3. The van der Waals surface area contributed by atoms with E-state index in [-0.39, 0.29) is 29.5 Å². The minimum absolute atomic E-state index is 0.000473. The molecule has 0 aromatic carbocycles. The molecular weight excluding hydrogens is 446 g/mol. The van der Waals surface area contributed by atoms with Gasteiger partial charge in [0.25, 0.3) is 0 Å². The van der Waals surface area contributed by atoms with E-state index in [1.165, 1.54) is 0 Å². The van der Waals surface area contributed by atoms with Crippen LogP contribution in [0.1, 0.15) is 91.9 Å². The van der Waals surface area contributed by atoms with Crippen LogP contribution in [0.5, 0.6) is 0 Å². The molecule has 0 spiro atoms. The van der Waals surface area contributed by atoms with Crippen LogP contribution in [0.25, 0.3) is 0 Å². The van der Waals surface area contributed by atoms with Crippen molar-refractivity contribution in [2.75, 3.05) is 33.2 Å². The lowest BCUT2D eigenvalue weighted by atomic mass is 9.96. The highest BCUT2D eigenvalue weighted by atomic mass is 16.2. The number of carbonyl (C=O) groups is 4. The van der Waals surface area contributed by atoms with Crippen molar-refractivity contribution < 1.29 is 19.2 Å². The van der Waals surface area contributed by atoms with Gasteiger partial charge in [-0.05, 0) is 72.3 Å². The minimum atomic E-state index is -0.00748. The minimum Gasteiger partial charge on any atom is -0.355 e. The lowest BCUT2D eigenvalue weighted by molar-refractivity contribution is -0.123. The molecule has 0 rings (SSSR count). The molecule has 3 unspecified atom stereocenters. The summed E-state index contributed by atoms with van der Waals surface area (Å²) in [6.07, 6.45) is 6.76. The lowest BCUT2D eigenvalue weighted by Gasteiger charge is -2.21. The zero-order valence-corrected chi connectivity index (χ0v) is 22.8. The second-order valence-electron chi connectivity index (χ2n) is 9.80. The van der Waals surface area contributed by atoms with Gasteiger partial charge in [-0.1, -0.05) is 6.92 Å². The number of rotatable bonds is 22. The van der Waals surface area contributed by atoms with Crippen LogP contribution in [-0.4, -0.2) is 68.8 Å². The summed E-state index contributed by atoms with van der Waals surface area (Å²) in [5.41, 5.74) is 0. The predicted octanol–water partition coefficient (Wildman–Crippen LogP) is 2.05. The maximum Gasteiger partial charge on any atom is 0.220 e. The molecule has 0 aromatic heterocycles. The topological polar surface area (TPSA) is 128 Å². The van der Waals surface area contributed by atoms with Crippen LogP contribution in [0.3, 0.4) is 0 Å². The molecule has 0 aliphatic rings. The van der Waals surface area contributed by atoms with Gasteiger partial charge in [-0.25, -0.2) is 0 Å². The van der Waals surface area contributed by atoms with Gasteiger partial charge in [0.15, 0.2) is 0 Å². The molecule has 0 fully saturated rings. The van der Waals surface area contributed by atoms with Crippen LogP contribution in [-0.2, 0) is 19.2 Å². The molecular formula is C26H51N5O4. The quantitative estimate of drug-likeness (QED) is 0.146. The first-order valence-electron chi connectivity index (χ1n) is 13.3. The summed E-state index contributed by atoms with van der Waals surface area (Å²) >= 11 is 0. The molecule has 0 aromatic rings. The second-order valence-corrected chi connectivity index (χ2v) is 9.80. The van der Waals surface area contributed by atoms with Gasteiger partial charge in [-0.3, -0.25) is 14.4 Å². The van der Waals surface area contributed by atoms with E-state index in [1.807, 2.05) is 14.0 Å². The lowest BCUT2D eigenvalue weighted by Crippen LogP contribution is -2.36. The Hall–Kier alpha value is -2.00. The Kier molecular flexibility index (Phi) is 20.1. The molecule has 0 saturated carbocycles. The van der Waals surface area contributed by atoms with Crippen molar-refractivity contribution in [3.05, 3.63) is 0 Å². The smallest absolute Gasteiger partial charge is 0.220 e. The third-order valence-electron chi connectivity index (χ3n) is 5.90.